The minimum absolute atomic E-state index is 0.723. The fraction of sp³-hybridized carbons (Fsp3) is 0.300. The zero-order chi connectivity index (χ0) is 18.8. The molecule has 0 atom stereocenters. The van der Waals surface area contributed by atoms with Crippen LogP contribution in [0.5, 0.6) is 0 Å². The molecular weight excluding hydrogens is 338 g/mol. The summed E-state index contributed by atoms with van der Waals surface area (Å²) in [6.45, 7) is 4.79. The first-order valence-electron chi connectivity index (χ1n) is 9.12. The first kappa shape index (κ1) is 17.2. The maximum Gasteiger partial charge on any atom is 0.174 e. The van der Waals surface area contributed by atoms with Crippen LogP contribution in [0.2, 0.25) is 0 Å². The van der Waals surface area contributed by atoms with E-state index < -0.39 is 0 Å². The lowest BCUT2D eigenvalue weighted by molar-refractivity contribution is 0.750. The summed E-state index contributed by atoms with van der Waals surface area (Å²) in [5.41, 5.74) is 4.23. The maximum atomic E-state index is 4.72. The zero-order valence-electron chi connectivity index (χ0n) is 15.8. The molecule has 0 unspecified atom stereocenters. The number of imidazole rings is 1. The highest BCUT2D eigenvalue weighted by Gasteiger charge is 2.08. The van der Waals surface area contributed by atoms with E-state index >= 15 is 0 Å². The summed E-state index contributed by atoms with van der Waals surface area (Å²) in [6, 6.07) is 10.2. The smallest absolute Gasteiger partial charge is 0.174 e. The second-order valence-corrected chi connectivity index (χ2v) is 6.71. The van der Waals surface area contributed by atoms with E-state index in [0.29, 0.717) is 0 Å². The van der Waals surface area contributed by atoms with Crippen molar-refractivity contribution in [1.82, 2.24) is 29.3 Å². The molecule has 7 heteroatoms. The van der Waals surface area contributed by atoms with Gasteiger partial charge in [-0.1, -0.05) is 12.1 Å². The molecule has 0 fully saturated rings. The Balaban J connectivity index is 1.38. The minimum atomic E-state index is 0.723. The van der Waals surface area contributed by atoms with E-state index in [1.807, 2.05) is 36.7 Å². The summed E-state index contributed by atoms with van der Waals surface area (Å²) in [7, 11) is 2.07. The summed E-state index contributed by atoms with van der Waals surface area (Å²) in [5.74, 6) is 2.58. The van der Waals surface area contributed by atoms with Crippen molar-refractivity contribution < 1.29 is 0 Å². The summed E-state index contributed by atoms with van der Waals surface area (Å²) < 4.78 is 3.98. The summed E-state index contributed by atoms with van der Waals surface area (Å²) in [4.78, 5) is 13.6. The number of nitrogens with one attached hydrogen (secondary N) is 1. The summed E-state index contributed by atoms with van der Waals surface area (Å²) >= 11 is 0. The number of nitrogens with zero attached hydrogens (tertiary/aromatic N) is 6. The molecule has 0 saturated heterocycles. The molecule has 3 heterocycles. The van der Waals surface area contributed by atoms with Crippen LogP contribution in [-0.2, 0) is 13.5 Å². The molecule has 1 aromatic carbocycles. The van der Waals surface area contributed by atoms with E-state index in [4.69, 9.17) is 4.98 Å². The highest BCUT2D eigenvalue weighted by atomic mass is 15.3. The van der Waals surface area contributed by atoms with Gasteiger partial charge in [0, 0.05) is 25.7 Å². The van der Waals surface area contributed by atoms with Crippen molar-refractivity contribution >= 4 is 16.9 Å². The summed E-state index contributed by atoms with van der Waals surface area (Å²) in [5, 5.41) is 7.82. The van der Waals surface area contributed by atoms with E-state index in [9.17, 15) is 0 Å². The van der Waals surface area contributed by atoms with Gasteiger partial charge in [0.05, 0.1) is 29.1 Å². The van der Waals surface area contributed by atoms with E-state index in [2.05, 4.69) is 44.1 Å². The third-order valence-electron chi connectivity index (χ3n) is 4.61. The Morgan fingerprint density at radius 2 is 1.93 bits per heavy atom. The molecule has 7 nitrogen and oxygen atoms in total. The molecule has 3 aromatic heterocycles. The molecule has 0 amide bonds. The number of aromatic nitrogens is 6. The predicted molar refractivity (Wildman–Crippen MR) is 106 cm³/mol. The number of anilines is 1. The Labute approximate surface area is 158 Å². The topological polar surface area (TPSA) is 73.5 Å². The Morgan fingerprint density at radius 1 is 1.07 bits per heavy atom. The molecule has 1 N–H and O–H groups in total. The first-order chi connectivity index (χ1) is 13.1. The fourth-order valence-electron chi connectivity index (χ4n) is 3.29. The van der Waals surface area contributed by atoms with Crippen molar-refractivity contribution in [3.8, 4) is 5.82 Å². The molecule has 0 saturated carbocycles. The quantitative estimate of drug-likeness (QED) is 0.534. The van der Waals surface area contributed by atoms with Crippen molar-refractivity contribution in [1.29, 1.82) is 0 Å². The van der Waals surface area contributed by atoms with Gasteiger partial charge in [0.15, 0.2) is 5.82 Å². The van der Waals surface area contributed by atoms with Crippen molar-refractivity contribution in [2.24, 2.45) is 7.05 Å². The molecule has 0 spiro atoms. The third kappa shape index (κ3) is 3.53. The van der Waals surface area contributed by atoms with Gasteiger partial charge >= 0.3 is 0 Å². The van der Waals surface area contributed by atoms with Gasteiger partial charge in [0.2, 0.25) is 0 Å². The largest absolute Gasteiger partial charge is 0.369 e. The lowest BCUT2D eigenvalue weighted by Crippen LogP contribution is -2.09. The average Bonchev–Trinajstić information content (AvgIpc) is 3.18. The number of benzene rings is 1. The van der Waals surface area contributed by atoms with Crippen LogP contribution in [0, 0.1) is 13.8 Å². The lowest BCUT2D eigenvalue weighted by Gasteiger charge is -2.08. The molecule has 0 aliphatic rings. The van der Waals surface area contributed by atoms with Gasteiger partial charge in [-0.25, -0.2) is 14.6 Å². The van der Waals surface area contributed by atoms with Gasteiger partial charge in [0.1, 0.15) is 11.6 Å². The Morgan fingerprint density at radius 3 is 2.70 bits per heavy atom. The number of rotatable bonds is 6. The van der Waals surface area contributed by atoms with Crippen LogP contribution in [0.15, 0.2) is 42.7 Å². The van der Waals surface area contributed by atoms with Gasteiger partial charge in [-0.3, -0.25) is 4.98 Å². The molecule has 138 valence electrons. The van der Waals surface area contributed by atoms with Crippen LogP contribution in [0.25, 0.3) is 16.9 Å². The van der Waals surface area contributed by atoms with E-state index in [0.717, 1.165) is 53.8 Å². The highest BCUT2D eigenvalue weighted by molar-refractivity contribution is 5.75. The maximum absolute atomic E-state index is 4.72. The van der Waals surface area contributed by atoms with Crippen molar-refractivity contribution in [2.45, 2.75) is 26.7 Å². The standard InChI is InChI=1S/C20H23N7/c1-14-11-15(2)27(25-14)20-13-21-12-18(24-20)22-10-6-9-19-23-16-7-4-5-8-17(16)26(19)3/h4-5,7-8,11-13H,6,9-10H2,1-3H3,(H,22,24). The Bertz CT molecular complexity index is 1080. The number of hydrogen-bond donors (Lipinski definition) is 1. The van der Waals surface area contributed by atoms with Crippen molar-refractivity contribution in [3.63, 3.8) is 0 Å². The molecule has 0 aliphatic carbocycles. The third-order valence-corrected chi connectivity index (χ3v) is 4.61. The SMILES string of the molecule is Cc1cc(C)n(-c2cncc(NCCCc3nc4ccccc4n3C)n2)n1. The fourth-order valence-corrected chi connectivity index (χ4v) is 3.29. The molecule has 0 radical (unpaired) electrons. The molecular formula is C20H23N7. The van der Waals surface area contributed by atoms with Gasteiger partial charge in [-0.2, -0.15) is 5.10 Å². The van der Waals surface area contributed by atoms with E-state index in [-0.39, 0.29) is 0 Å². The molecule has 0 bridgehead atoms. The molecule has 0 aliphatic heterocycles. The minimum Gasteiger partial charge on any atom is -0.369 e. The highest BCUT2D eigenvalue weighted by Crippen LogP contribution is 2.15. The zero-order valence-corrected chi connectivity index (χ0v) is 15.8. The van der Waals surface area contributed by atoms with Gasteiger partial charge in [0.25, 0.3) is 0 Å². The van der Waals surface area contributed by atoms with Crippen LogP contribution in [0.3, 0.4) is 0 Å². The second kappa shape index (κ2) is 7.19. The van der Waals surface area contributed by atoms with Crippen molar-refractivity contribution in [3.05, 3.63) is 59.9 Å². The number of fused-ring (bicyclic) bond motifs is 1. The predicted octanol–water partition coefficient (Wildman–Crippen LogP) is 3.21. The lowest BCUT2D eigenvalue weighted by atomic mass is 10.3. The van der Waals surface area contributed by atoms with Crippen LogP contribution < -0.4 is 5.32 Å². The van der Waals surface area contributed by atoms with Gasteiger partial charge in [-0.15, -0.1) is 0 Å². The second-order valence-electron chi connectivity index (χ2n) is 6.71. The van der Waals surface area contributed by atoms with E-state index in [1.54, 1.807) is 12.4 Å². The Kier molecular flexibility index (Phi) is 4.58. The van der Waals surface area contributed by atoms with Gasteiger partial charge in [-0.05, 0) is 38.5 Å². The number of para-hydroxylation sites is 2. The monoisotopic (exact) mass is 361 g/mol. The number of hydrogen-bond acceptors (Lipinski definition) is 5. The molecule has 4 rings (SSSR count). The Hall–Kier alpha value is -3.22. The summed E-state index contributed by atoms with van der Waals surface area (Å²) in [6.07, 6.45) is 5.33. The van der Waals surface area contributed by atoms with Crippen LogP contribution >= 0.6 is 0 Å². The number of aryl methyl sites for hydroxylation is 4. The van der Waals surface area contributed by atoms with Crippen molar-refractivity contribution in [2.75, 3.05) is 11.9 Å². The average molecular weight is 361 g/mol. The van der Waals surface area contributed by atoms with Gasteiger partial charge < -0.3 is 9.88 Å². The normalized spacial score (nSPS) is 11.2. The van der Waals surface area contributed by atoms with Crippen LogP contribution in [-0.4, -0.2) is 35.8 Å². The van der Waals surface area contributed by atoms with Crippen LogP contribution in [0.4, 0.5) is 5.82 Å². The first-order valence-corrected chi connectivity index (χ1v) is 9.12. The molecule has 4 aromatic rings. The van der Waals surface area contributed by atoms with E-state index in [1.165, 1.54) is 5.52 Å². The van der Waals surface area contributed by atoms with Crippen LogP contribution in [0.1, 0.15) is 23.6 Å². The molecule has 27 heavy (non-hydrogen) atoms.